The third-order valence-electron chi connectivity index (χ3n) is 4.76. The van der Waals surface area contributed by atoms with Gasteiger partial charge >= 0.3 is 6.18 Å². The van der Waals surface area contributed by atoms with Gasteiger partial charge in [-0.3, -0.25) is 19.4 Å². The van der Waals surface area contributed by atoms with Crippen LogP contribution in [0.5, 0.6) is 0 Å². The van der Waals surface area contributed by atoms with Crippen LogP contribution in [0.15, 0.2) is 54.6 Å². The lowest BCUT2D eigenvalue weighted by Crippen LogP contribution is -2.49. The van der Waals surface area contributed by atoms with Crippen LogP contribution in [0.4, 0.5) is 13.2 Å². The first kappa shape index (κ1) is 21.3. The van der Waals surface area contributed by atoms with E-state index in [2.05, 4.69) is 10.4 Å². The summed E-state index contributed by atoms with van der Waals surface area (Å²) in [5, 5.41) is 0. The van der Waals surface area contributed by atoms with E-state index in [1.54, 1.807) is 6.07 Å². The summed E-state index contributed by atoms with van der Waals surface area (Å²) in [5.41, 5.74) is 3.43. The van der Waals surface area contributed by atoms with Gasteiger partial charge < -0.3 is 0 Å². The SMILES string of the molecule is O=C(CN1CCN(Cc2cccc(C(F)(F)F)c2)CC1)NOCc1ccccc1. The third kappa shape index (κ3) is 6.85. The van der Waals surface area contributed by atoms with Crippen LogP contribution < -0.4 is 5.48 Å². The number of rotatable bonds is 7. The highest BCUT2D eigenvalue weighted by Gasteiger charge is 2.30. The molecule has 1 fully saturated rings. The highest BCUT2D eigenvalue weighted by Crippen LogP contribution is 2.29. The first-order chi connectivity index (χ1) is 13.9. The number of hydroxylamine groups is 1. The fourth-order valence-electron chi connectivity index (χ4n) is 3.22. The molecule has 1 saturated heterocycles. The van der Waals surface area contributed by atoms with Crippen LogP contribution >= 0.6 is 0 Å². The second-order valence-electron chi connectivity index (χ2n) is 7.05. The van der Waals surface area contributed by atoms with Crippen molar-refractivity contribution in [2.45, 2.75) is 19.3 Å². The first-order valence-corrected chi connectivity index (χ1v) is 9.45. The van der Waals surface area contributed by atoms with Crippen LogP contribution in [-0.4, -0.2) is 48.4 Å². The summed E-state index contributed by atoms with van der Waals surface area (Å²) in [6.45, 7) is 3.71. The maximum Gasteiger partial charge on any atom is 0.416 e. The molecule has 1 N–H and O–H groups in total. The summed E-state index contributed by atoms with van der Waals surface area (Å²) < 4.78 is 38.5. The molecule has 0 unspecified atom stereocenters. The molecular weight excluding hydrogens is 383 g/mol. The molecule has 1 heterocycles. The predicted molar refractivity (Wildman–Crippen MR) is 103 cm³/mol. The van der Waals surface area contributed by atoms with Gasteiger partial charge in [0.05, 0.1) is 18.7 Å². The van der Waals surface area contributed by atoms with Gasteiger partial charge in [0.25, 0.3) is 5.91 Å². The number of hydrogen-bond acceptors (Lipinski definition) is 4. The molecule has 0 bridgehead atoms. The standard InChI is InChI=1S/C21H24F3N3O2/c22-21(23,24)19-8-4-7-18(13-19)14-26-9-11-27(12-10-26)15-20(28)25-29-16-17-5-2-1-3-6-17/h1-8,13H,9-12,14-16H2,(H,25,28). The van der Waals surface area contributed by atoms with Crippen molar-refractivity contribution in [2.24, 2.45) is 0 Å². The maximum atomic E-state index is 12.8. The number of benzene rings is 2. The van der Waals surface area contributed by atoms with Crippen molar-refractivity contribution >= 4 is 5.91 Å². The Kier molecular flexibility index (Phi) is 7.24. The molecule has 1 aliphatic rings. The Bertz CT molecular complexity index is 791. The summed E-state index contributed by atoms with van der Waals surface area (Å²) in [5.74, 6) is -0.216. The molecule has 8 heteroatoms. The number of carbonyl (C=O) groups excluding carboxylic acids is 1. The Labute approximate surface area is 168 Å². The number of hydrogen-bond donors (Lipinski definition) is 1. The molecule has 29 heavy (non-hydrogen) atoms. The van der Waals surface area contributed by atoms with Gasteiger partial charge in [-0.1, -0.05) is 48.5 Å². The minimum Gasteiger partial charge on any atom is -0.297 e. The van der Waals surface area contributed by atoms with E-state index in [1.807, 2.05) is 35.2 Å². The maximum absolute atomic E-state index is 12.8. The Balaban J connectivity index is 1.37. The molecule has 3 rings (SSSR count). The topological polar surface area (TPSA) is 44.8 Å². The Hall–Kier alpha value is -2.42. The number of piperazine rings is 1. The van der Waals surface area contributed by atoms with E-state index in [0.717, 1.165) is 11.6 Å². The van der Waals surface area contributed by atoms with Crippen LogP contribution in [0.1, 0.15) is 16.7 Å². The molecule has 156 valence electrons. The average Bonchev–Trinajstić information content (AvgIpc) is 2.70. The third-order valence-corrected chi connectivity index (χ3v) is 4.76. The van der Waals surface area contributed by atoms with Crippen molar-refractivity contribution in [1.82, 2.24) is 15.3 Å². The van der Waals surface area contributed by atoms with E-state index in [9.17, 15) is 18.0 Å². The molecule has 0 saturated carbocycles. The normalized spacial score (nSPS) is 16.0. The van der Waals surface area contributed by atoms with Crippen LogP contribution in [0.25, 0.3) is 0 Å². The molecule has 2 aromatic carbocycles. The summed E-state index contributed by atoms with van der Waals surface area (Å²) in [6.07, 6.45) is -4.33. The van der Waals surface area contributed by atoms with Crippen molar-refractivity contribution < 1.29 is 22.8 Å². The van der Waals surface area contributed by atoms with Gasteiger partial charge in [0.2, 0.25) is 0 Å². The van der Waals surface area contributed by atoms with Crippen LogP contribution in [0.3, 0.4) is 0 Å². The smallest absolute Gasteiger partial charge is 0.297 e. The van der Waals surface area contributed by atoms with Crippen molar-refractivity contribution in [3.63, 3.8) is 0 Å². The highest BCUT2D eigenvalue weighted by molar-refractivity contribution is 5.76. The van der Waals surface area contributed by atoms with Crippen molar-refractivity contribution in [3.05, 3.63) is 71.3 Å². The van der Waals surface area contributed by atoms with E-state index in [-0.39, 0.29) is 12.5 Å². The van der Waals surface area contributed by atoms with Gasteiger partial charge in [0.15, 0.2) is 0 Å². The number of halogens is 3. The van der Waals surface area contributed by atoms with Gasteiger partial charge in [-0.2, -0.15) is 13.2 Å². The van der Waals surface area contributed by atoms with E-state index >= 15 is 0 Å². The first-order valence-electron chi connectivity index (χ1n) is 9.45. The fourth-order valence-corrected chi connectivity index (χ4v) is 3.22. The molecule has 0 radical (unpaired) electrons. The summed E-state index contributed by atoms with van der Waals surface area (Å²) in [7, 11) is 0. The van der Waals surface area contributed by atoms with Crippen molar-refractivity contribution in [2.75, 3.05) is 32.7 Å². The molecule has 0 spiro atoms. The summed E-state index contributed by atoms with van der Waals surface area (Å²) in [6, 6.07) is 15.0. The highest BCUT2D eigenvalue weighted by atomic mass is 19.4. The average molecular weight is 407 g/mol. The lowest BCUT2D eigenvalue weighted by atomic mass is 10.1. The predicted octanol–water partition coefficient (Wildman–Crippen LogP) is 3.07. The number of nitrogens with one attached hydrogen (secondary N) is 1. The largest absolute Gasteiger partial charge is 0.416 e. The van der Waals surface area contributed by atoms with Gasteiger partial charge in [0, 0.05) is 32.7 Å². The molecule has 0 aliphatic carbocycles. The minimum atomic E-state index is -4.33. The van der Waals surface area contributed by atoms with Crippen LogP contribution in [0.2, 0.25) is 0 Å². The molecule has 2 aromatic rings. The van der Waals surface area contributed by atoms with Gasteiger partial charge in [-0.25, -0.2) is 5.48 Å². The Morgan fingerprint density at radius 2 is 1.59 bits per heavy atom. The second kappa shape index (κ2) is 9.87. The number of alkyl halides is 3. The van der Waals surface area contributed by atoms with E-state index in [4.69, 9.17) is 4.84 Å². The van der Waals surface area contributed by atoms with Crippen molar-refractivity contribution in [1.29, 1.82) is 0 Å². The Morgan fingerprint density at radius 1 is 0.931 bits per heavy atom. The molecule has 1 amide bonds. The van der Waals surface area contributed by atoms with E-state index in [1.165, 1.54) is 12.1 Å². The molecule has 0 aromatic heterocycles. The van der Waals surface area contributed by atoms with Crippen molar-refractivity contribution in [3.8, 4) is 0 Å². The molecule has 5 nitrogen and oxygen atoms in total. The van der Waals surface area contributed by atoms with E-state index in [0.29, 0.717) is 44.9 Å². The monoisotopic (exact) mass is 407 g/mol. The van der Waals surface area contributed by atoms with Crippen LogP contribution in [-0.2, 0) is 29.0 Å². The Morgan fingerprint density at radius 3 is 2.28 bits per heavy atom. The zero-order chi connectivity index (χ0) is 20.7. The quantitative estimate of drug-likeness (QED) is 0.717. The minimum absolute atomic E-state index is 0.216. The molecular formula is C21H24F3N3O2. The molecule has 0 atom stereocenters. The van der Waals surface area contributed by atoms with Gasteiger partial charge in [0.1, 0.15) is 0 Å². The second-order valence-corrected chi connectivity index (χ2v) is 7.05. The number of nitrogens with zero attached hydrogens (tertiary/aromatic N) is 2. The lowest BCUT2D eigenvalue weighted by Gasteiger charge is -2.34. The molecule has 1 aliphatic heterocycles. The zero-order valence-corrected chi connectivity index (χ0v) is 16.0. The summed E-state index contributed by atoms with van der Waals surface area (Å²) >= 11 is 0. The van der Waals surface area contributed by atoms with Gasteiger partial charge in [-0.15, -0.1) is 0 Å². The summed E-state index contributed by atoms with van der Waals surface area (Å²) in [4.78, 5) is 21.3. The fraction of sp³-hybridized carbons (Fsp3) is 0.381. The zero-order valence-electron chi connectivity index (χ0n) is 16.0. The number of carbonyl (C=O) groups is 1. The van der Waals surface area contributed by atoms with Crippen LogP contribution in [0, 0.1) is 0 Å². The van der Waals surface area contributed by atoms with E-state index < -0.39 is 11.7 Å². The van der Waals surface area contributed by atoms with Gasteiger partial charge in [-0.05, 0) is 17.2 Å². The lowest BCUT2D eigenvalue weighted by molar-refractivity contribution is -0.137. The number of amides is 1.